The molecule has 2 rings (SSSR count). The quantitative estimate of drug-likeness (QED) is 0.786. The van der Waals surface area contributed by atoms with Crippen LogP contribution in [-0.2, 0) is 12.8 Å². The Morgan fingerprint density at radius 2 is 1.50 bits per heavy atom. The van der Waals surface area contributed by atoms with Gasteiger partial charge in [0.15, 0.2) is 10.0 Å². The maximum Gasteiger partial charge on any atom is 0.250 e. The van der Waals surface area contributed by atoms with E-state index in [2.05, 4.69) is 9.97 Å². The molecular weight excluding hydrogens is 240 g/mol. The monoisotopic (exact) mass is 252 g/mol. The molecule has 5 heteroatoms. The molecule has 0 amide bonds. The molecule has 0 atom stereocenters. The molecule has 0 spiro atoms. The van der Waals surface area contributed by atoms with E-state index in [0.717, 1.165) is 24.2 Å². The standard InChI is InChI=1S/C11H12N2OS2/c1-3-7-5-15-10(12-7)9(14)11-13-8(4-2)6-16-11/h5-6H,3-4H2,1-2H3. The van der Waals surface area contributed by atoms with Crippen molar-refractivity contribution in [2.24, 2.45) is 0 Å². The number of carbonyl (C=O) groups is 1. The van der Waals surface area contributed by atoms with Crippen LogP contribution in [0.1, 0.15) is 40.0 Å². The normalized spacial score (nSPS) is 10.6. The first-order valence-electron chi connectivity index (χ1n) is 5.18. The van der Waals surface area contributed by atoms with Gasteiger partial charge in [-0.1, -0.05) is 13.8 Å². The van der Waals surface area contributed by atoms with Crippen LogP contribution < -0.4 is 0 Å². The number of thiazole rings is 2. The maximum absolute atomic E-state index is 12.0. The van der Waals surface area contributed by atoms with Gasteiger partial charge in [0.25, 0.3) is 0 Å². The molecule has 0 saturated heterocycles. The highest BCUT2D eigenvalue weighted by molar-refractivity contribution is 7.15. The van der Waals surface area contributed by atoms with Crippen molar-refractivity contribution in [3.05, 3.63) is 32.2 Å². The SMILES string of the molecule is CCc1csc(C(=O)c2nc(CC)cs2)n1. The molecule has 84 valence electrons. The number of ketones is 1. The number of hydrogen-bond acceptors (Lipinski definition) is 5. The summed E-state index contributed by atoms with van der Waals surface area (Å²) in [7, 11) is 0. The molecule has 0 radical (unpaired) electrons. The summed E-state index contributed by atoms with van der Waals surface area (Å²) in [6, 6.07) is 0. The highest BCUT2D eigenvalue weighted by atomic mass is 32.1. The third-order valence-corrected chi connectivity index (χ3v) is 4.00. The van der Waals surface area contributed by atoms with Crippen LogP contribution in [0.3, 0.4) is 0 Å². The van der Waals surface area contributed by atoms with Crippen molar-refractivity contribution in [3.8, 4) is 0 Å². The van der Waals surface area contributed by atoms with E-state index in [-0.39, 0.29) is 5.78 Å². The van der Waals surface area contributed by atoms with Crippen LogP contribution >= 0.6 is 22.7 Å². The highest BCUT2D eigenvalue weighted by Gasteiger charge is 2.16. The summed E-state index contributed by atoms with van der Waals surface area (Å²) in [4.78, 5) is 20.6. The lowest BCUT2D eigenvalue weighted by Gasteiger charge is -1.90. The average Bonchev–Trinajstić information content (AvgIpc) is 2.97. The largest absolute Gasteiger partial charge is 0.283 e. The fourth-order valence-corrected chi connectivity index (χ4v) is 2.98. The molecule has 3 nitrogen and oxygen atoms in total. The van der Waals surface area contributed by atoms with Gasteiger partial charge in [-0.25, -0.2) is 9.97 Å². The molecule has 0 aliphatic carbocycles. The fourth-order valence-electron chi connectivity index (χ4n) is 1.24. The lowest BCUT2D eigenvalue weighted by Crippen LogP contribution is -2.00. The van der Waals surface area contributed by atoms with E-state index in [1.54, 1.807) is 0 Å². The van der Waals surface area contributed by atoms with Crippen molar-refractivity contribution >= 4 is 28.5 Å². The summed E-state index contributed by atoms with van der Waals surface area (Å²) in [6.45, 7) is 4.06. The summed E-state index contributed by atoms with van der Waals surface area (Å²) in [5.74, 6) is -0.0469. The lowest BCUT2D eigenvalue weighted by atomic mass is 10.3. The second-order valence-corrected chi connectivity index (χ2v) is 5.04. The Labute approximate surface area is 102 Å². The van der Waals surface area contributed by atoms with E-state index < -0.39 is 0 Å². The second kappa shape index (κ2) is 4.84. The van der Waals surface area contributed by atoms with E-state index in [1.807, 2.05) is 24.6 Å². The smallest absolute Gasteiger partial charge is 0.250 e. The van der Waals surface area contributed by atoms with Gasteiger partial charge >= 0.3 is 0 Å². The topological polar surface area (TPSA) is 42.9 Å². The first-order valence-corrected chi connectivity index (χ1v) is 6.94. The predicted octanol–water partition coefficient (Wildman–Crippen LogP) is 2.96. The number of aromatic nitrogens is 2. The minimum Gasteiger partial charge on any atom is -0.283 e. The Morgan fingerprint density at radius 1 is 1.06 bits per heavy atom. The zero-order chi connectivity index (χ0) is 11.5. The third-order valence-electron chi connectivity index (χ3n) is 2.22. The van der Waals surface area contributed by atoms with Crippen molar-refractivity contribution in [2.45, 2.75) is 26.7 Å². The van der Waals surface area contributed by atoms with Crippen LogP contribution in [0.15, 0.2) is 10.8 Å². The van der Waals surface area contributed by atoms with Crippen molar-refractivity contribution in [1.29, 1.82) is 0 Å². The Balaban J connectivity index is 2.24. The van der Waals surface area contributed by atoms with Gasteiger partial charge in [-0.2, -0.15) is 0 Å². The fraction of sp³-hybridized carbons (Fsp3) is 0.364. The van der Waals surface area contributed by atoms with Gasteiger partial charge in [0.1, 0.15) is 0 Å². The van der Waals surface area contributed by atoms with E-state index in [9.17, 15) is 4.79 Å². The molecule has 0 aliphatic heterocycles. The summed E-state index contributed by atoms with van der Waals surface area (Å²) < 4.78 is 0. The minimum atomic E-state index is -0.0469. The van der Waals surface area contributed by atoms with Crippen LogP contribution in [0.5, 0.6) is 0 Å². The first-order chi connectivity index (χ1) is 7.74. The van der Waals surface area contributed by atoms with Crippen LogP contribution in [0.4, 0.5) is 0 Å². The van der Waals surface area contributed by atoms with Crippen molar-refractivity contribution in [1.82, 2.24) is 9.97 Å². The Bertz CT molecular complexity index is 457. The molecular formula is C11H12N2OS2. The minimum absolute atomic E-state index is 0.0469. The summed E-state index contributed by atoms with van der Waals surface area (Å²) in [5, 5.41) is 4.96. The van der Waals surface area contributed by atoms with E-state index in [0.29, 0.717) is 10.0 Å². The molecule has 0 saturated carbocycles. The number of carbonyl (C=O) groups excluding carboxylic acids is 1. The Kier molecular flexibility index (Phi) is 3.46. The zero-order valence-electron chi connectivity index (χ0n) is 9.19. The van der Waals surface area contributed by atoms with Gasteiger partial charge < -0.3 is 0 Å². The zero-order valence-corrected chi connectivity index (χ0v) is 10.8. The predicted molar refractivity (Wildman–Crippen MR) is 66.4 cm³/mol. The molecule has 0 fully saturated rings. The molecule has 2 aromatic heterocycles. The van der Waals surface area contributed by atoms with Crippen LogP contribution in [0, 0.1) is 0 Å². The average molecular weight is 252 g/mol. The highest BCUT2D eigenvalue weighted by Crippen LogP contribution is 2.18. The van der Waals surface area contributed by atoms with Gasteiger partial charge in [-0.3, -0.25) is 4.79 Å². The number of aryl methyl sites for hydroxylation is 2. The molecule has 0 N–H and O–H groups in total. The molecule has 16 heavy (non-hydrogen) atoms. The molecule has 0 aromatic carbocycles. The van der Waals surface area contributed by atoms with Crippen LogP contribution in [0.25, 0.3) is 0 Å². The van der Waals surface area contributed by atoms with Gasteiger partial charge in [0.05, 0.1) is 11.4 Å². The van der Waals surface area contributed by atoms with Gasteiger partial charge in [-0.15, -0.1) is 22.7 Å². The van der Waals surface area contributed by atoms with E-state index in [1.165, 1.54) is 22.7 Å². The van der Waals surface area contributed by atoms with Crippen molar-refractivity contribution in [2.75, 3.05) is 0 Å². The van der Waals surface area contributed by atoms with Crippen LogP contribution in [0.2, 0.25) is 0 Å². The van der Waals surface area contributed by atoms with Gasteiger partial charge in [0.2, 0.25) is 5.78 Å². The summed E-state index contributed by atoms with van der Waals surface area (Å²) >= 11 is 2.80. The van der Waals surface area contributed by atoms with Crippen molar-refractivity contribution < 1.29 is 4.79 Å². The first kappa shape index (κ1) is 11.4. The summed E-state index contributed by atoms with van der Waals surface area (Å²) in [6.07, 6.45) is 1.73. The van der Waals surface area contributed by atoms with Crippen LogP contribution in [-0.4, -0.2) is 15.8 Å². The molecule has 2 heterocycles. The summed E-state index contributed by atoms with van der Waals surface area (Å²) in [5.41, 5.74) is 1.95. The number of rotatable bonds is 4. The van der Waals surface area contributed by atoms with Gasteiger partial charge in [0, 0.05) is 10.8 Å². The lowest BCUT2D eigenvalue weighted by molar-refractivity contribution is 0.103. The Hall–Kier alpha value is -1.07. The molecule has 0 unspecified atom stereocenters. The van der Waals surface area contributed by atoms with E-state index >= 15 is 0 Å². The molecule has 2 aromatic rings. The number of nitrogens with zero attached hydrogens (tertiary/aromatic N) is 2. The molecule has 0 aliphatic rings. The third kappa shape index (κ3) is 2.20. The van der Waals surface area contributed by atoms with Crippen molar-refractivity contribution in [3.63, 3.8) is 0 Å². The van der Waals surface area contributed by atoms with Gasteiger partial charge in [-0.05, 0) is 12.8 Å². The van der Waals surface area contributed by atoms with E-state index in [4.69, 9.17) is 0 Å². The molecule has 0 bridgehead atoms. The Morgan fingerprint density at radius 3 is 1.81 bits per heavy atom. The number of hydrogen-bond donors (Lipinski definition) is 0. The maximum atomic E-state index is 12.0. The second-order valence-electron chi connectivity index (χ2n) is 3.32.